The molecule has 0 aliphatic carbocycles. The second-order valence-corrected chi connectivity index (χ2v) is 3.90. The van der Waals surface area contributed by atoms with Crippen molar-refractivity contribution in [1.82, 2.24) is 0 Å². The highest BCUT2D eigenvalue weighted by molar-refractivity contribution is 5.72. The van der Waals surface area contributed by atoms with Gasteiger partial charge in [0, 0.05) is 5.56 Å². The summed E-state index contributed by atoms with van der Waals surface area (Å²) in [6.07, 6.45) is 0. The number of benzene rings is 2. The quantitative estimate of drug-likeness (QED) is 0.780. The molecule has 0 atom stereocenters. The molecular weight excluding hydrogens is 210 g/mol. The number of rotatable bonds is 2. The molecule has 0 saturated carbocycles. The van der Waals surface area contributed by atoms with E-state index < -0.39 is 0 Å². The van der Waals surface area contributed by atoms with E-state index in [1.54, 1.807) is 13.2 Å². The van der Waals surface area contributed by atoms with Gasteiger partial charge in [0.1, 0.15) is 5.75 Å². The molecule has 0 spiro atoms. The van der Waals surface area contributed by atoms with Gasteiger partial charge in [0.25, 0.3) is 0 Å². The average Bonchev–Trinajstić information content (AvgIpc) is 2.38. The highest BCUT2D eigenvalue weighted by atomic mass is 16.5. The molecule has 0 radical (unpaired) electrons. The van der Waals surface area contributed by atoms with Crippen LogP contribution >= 0.6 is 0 Å². The van der Waals surface area contributed by atoms with Crippen LogP contribution in [0.2, 0.25) is 0 Å². The fourth-order valence-corrected chi connectivity index (χ4v) is 1.82. The zero-order chi connectivity index (χ0) is 12.3. The summed E-state index contributed by atoms with van der Waals surface area (Å²) in [5.74, 6) is 0.787. The van der Waals surface area contributed by atoms with Crippen molar-refractivity contribution < 1.29 is 4.74 Å². The van der Waals surface area contributed by atoms with Crippen molar-refractivity contribution in [3.63, 3.8) is 0 Å². The Morgan fingerprint density at radius 2 is 1.94 bits per heavy atom. The SMILES string of the molecule is COc1ccc(C#N)cc1-c1cccc(C)c1. The molecule has 17 heavy (non-hydrogen) atoms. The molecule has 0 amide bonds. The van der Waals surface area contributed by atoms with Crippen LogP contribution in [-0.2, 0) is 0 Å². The lowest BCUT2D eigenvalue weighted by Gasteiger charge is -2.09. The van der Waals surface area contributed by atoms with Gasteiger partial charge in [-0.3, -0.25) is 0 Å². The molecule has 2 aromatic carbocycles. The lowest BCUT2D eigenvalue weighted by molar-refractivity contribution is 0.416. The van der Waals surface area contributed by atoms with Crippen LogP contribution in [0.15, 0.2) is 42.5 Å². The van der Waals surface area contributed by atoms with E-state index in [2.05, 4.69) is 12.1 Å². The van der Waals surface area contributed by atoms with Crippen molar-refractivity contribution in [2.24, 2.45) is 0 Å². The Hall–Kier alpha value is -2.27. The van der Waals surface area contributed by atoms with Crippen molar-refractivity contribution in [3.05, 3.63) is 53.6 Å². The molecule has 2 nitrogen and oxygen atoms in total. The summed E-state index contributed by atoms with van der Waals surface area (Å²) in [6.45, 7) is 2.05. The molecule has 0 unspecified atom stereocenters. The maximum Gasteiger partial charge on any atom is 0.126 e. The fourth-order valence-electron chi connectivity index (χ4n) is 1.82. The van der Waals surface area contributed by atoms with Crippen molar-refractivity contribution in [3.8, 4) is 22.9 Å². The molecule has 2 heteroatoms. The van der Waals surface area contributed by atoms with Gasteiger partial charge in [-0.25, -0.2) is 0 Å². The van der Waals surface area contributed by atoms with Crippen molar-refractivity contribution >= 4 is 0 Å². The lowest BCUT2D eigenvalue weighted by atomic mass is 10.0. The van der Waals surface area contributed by atoms with Crippen LogP contribution in [0.5, 0.6) is 5.75 Å². The average molecular weight is 223 g/mol. The summed E-state index contributed by atoms with van der Waals surface area (Å²) in [5, 5.41) is 8.94. The first-order valence-corrected chi connectivity index (χ1v) is 5.40. The predicted molar refractivity (Wildman–Crippen MR) is 67.9 cm³/mol. The van der Waals surface area contributed by atoms with E-state index in [9.17, 15) is 0 Å². The van der Waals surface area contributed by atoms with Crippen LogP contribution in [0.4, 0.5) is 0 Å². The number of hydrogen-bond acceptors (Lipinski definition) is 2. The number of methoxy groups -OCH3 is 1. The molecular formula is C15H13NO. The van der Waals surface area contributed by atoms with Crippen LogP contribution in [-0.4, -0.2) is 7.11 Å². The highest BCUT2D eigenvalue weighted by Gasteiger charge is 2.06. The first kappa shape index (κ1) is 11.2. The fraction of sp³-hybridized carbons (Fsp3) is 0.133. The summed E-state index contributed by atoms with van der Waals surface area (Å²) < 4.78 is 5.33. The van der Waals surface area contributed by atoms with Crippen molar-refractivity contribution in [2.45, 2.75) is 6.92 Å². The van der Waals surface area contributed by atoms with Gasteiger partial charge in [0.2, 0.25) is 0 Å². The first-order chi connectivity index (χ1) is 8.24. The minimum absolute atomic E-state index is 0.641. The number of aryl methyl sites for hydroxylation is 1. The lowest BCUT2D eigenvalue weighted by Crippen LogP contribution is -1.89. The molecule has 0 saturated heterocycles. The Morgan fingerprint density at radius 1 is 1.12 bits per heavy atom. The van der Waals surface area contributed by atoms with Gasteiger partial charge >= 0.3 is 0 Å². The first-order valence-electron chi connectivity index (χ1n) is 5.40. The predicted octanol–water partition coefficient (Wildman–Crippen LogP) is 3.54. The molecule has 0 N–H and O–H groups in total. The maximum atomic E-state index is 8.94. The third kappa shape index (κ3) is 2.29. The van der Waals surface area contributed by atoms with E-state index in [0.717, 1.165) is 16.9 Å². The normalized spacial score (nSPS) is 9.71. The van der Waals surface area contributed by atoms with E-state index in [4.69, 9.17) is 10.00 Å². The summed E-state index contributed by atoms with van der Waals surface area (Å²) in [7, 11) is 1.64. The van der Waals surface area contributed by atoms with Crippen LogP contribution in [0, 0.1) is 18.3 Å². The Bertz CT molecular complexity index is 582. The van der Waals surface area contributed by atoms with E-state index >= 15 is 0 Å². The number of ether oxygens (including phenoxy) is 1. The van der Waals surface area contributed by atoms with E-state index in [1.807, 2.05) is 37.3 Å². The largest absolute Gasteiger partial charge is 0.496 e. The number of nitriles is 1. The van der Waals surface area contributed by atoms with Gasteiger partial charge in [-0.05, 0) is 30.7 Å². The number of hydrogen-bond donors (Lipinski definition) is 0. The van der Waals surface area contributed by atoms with Gasteiger partial charge in [0.15, 0.2) is 0 Å². The topological polar surface area (TPSA) is 33.0 Å². The van der Waals surface area contributed by atoms with Gasteiger partial charge < -0.3 is 4.74 Å². The van der Waals surface area contributed by atoms with Gasteiger partial charge in [-0.15, -0.1) is 0 Å². The minimum atomic E-state index is 0.641. The molecule has 2 aromatic rings. The molecule has 0 aliphatic rings. The van der Waals surface area contributed by atoms with E-state index in [1.165, 1.54) is 5.56 Å². The monoisotopic (exact) mass is 223 g/mol. The molecule has 0 fully saturated rings. The molecule has 2 rings (SSSR count). The minimum Gasteiger partial charge on any atom is -0.496 e. The van der Waals surface area contributed by atoms with Gasteiger partial charge in [-0.1, -0.05) is 29.8 Å². The summed E-state index contributed by atoms with van der Waals surface area (Å²) in [6, 6.07) is 15.7. The standard InChI is InChI=1S/C15H13NO/c1-11-4-3-5-13(8-11)14-9-12(10-16)6-7-15(14)17-2/h3-9H,1-2H3. The number of nitrogens with zero attached hydrogens (tertiary/aromatic N) is 1. The smallest absolute Gasteiger partial charge is 0.126 e. The summed E-state index contributed by atoms with van der Waals surface area (Å²) >= 11 is 0. The van der Waals surface area contributed by atoms with Crippen molar-refractivity contribution in [2.75, 3.05) is 7.11 Å². The van der Waals surface area contributed by atoms with E-state index in [-0.39, 0.29) is 0 Å². The Labute approximate surface area is 101 Å². The third-order valence-electron chi connectivity index (χ3n) is 2.66. The van der Waals surface area contributed by atoms with Crippen LogP contribution in [0.25, 0.3) is 11.1 Å². The molecule has 0 aliphatic heterocycles. The third-order valence-corrected chi connectivity index (χ3v) is 2.66. The second-order valence-electron chi connectivity index (χ2n) is 3.90. The second kappa shape index (κ2) is 4.71. The van der Waals surface area contributed by atoms with Gasteiger partial charge in [0.05, 0.1) is 18.7 Å². The van der Waals surface area contributed by atoms with Crippen LogP contribution in [0.3, 0.4) is 0 Å². The zero-order valence-corrected chi connectivity index (χ0v) is 9.90. The molecule has 0 aromatic heterocycles. The van der Waals surface area contributed by atoms with Crippen LogP contribution in [0.1, 0.15) is 11.1 Å². The zero-order valence-electron chi connectivity index (χ0n) is 9.90. The van der Waals surface area contributed by atoms with Crippen LogP contribution < -0.4 is 4.74 Å². The molecule has 0 heterocycles. The highest BCUT2D eigenvalue weighted by Crippen LogP contribution is 2.31. The summed E-state index contributed by atoms with van der Waals surface area (Å²) in [5.41, 5.74) is 3.85. The Morgan fingerprint density at radius 3 is 2.59 bits per heavy atom. The molecule has 84 valence electrons. The summed E-state index contributed by atoms with van der Waals surface area (Å²) in [4.78, 5) is 0. The Kier molecular flexibility index (Phi) is 3.11. The Balaban J connectivity index is 2.61. The van der Waals surface area contributed by atoms with E-state index in [0.29, 0.717) is 5.56 Å². The maximum absolute atomic E-state index is 8.94. The molecule has 0 bridgehead atoms. The van der Waals surface area contributed by atoms with Crippen molar-refractivity contribution in [1.29, 1.82) is 5.26 Å². The van der Waals surface area contributed by atoms with Gasteiger partial charge in [-0.2, -0.15) is 5.26 Å².